The quantitative estimate of drug-likeness (QED) is 0.816. The van der Waals surface area contributed by atoms with Crippen molar-refractivity contribution in [3.8, 4) is 5.75 Å². The fraction of sp³-hybridized carbons (Fsp3) is 0.500. The Kier molecular flexibility index (Phi) is 5.80. The van der Waals surface area contributed by atoms with Crippen molar-refractivity contribution in [3.05, 3.63) is 28.2 Å². The van der Waals surface area contributed by atoms with Gasteiger partial charge < -0.3 is 14.8 Å². The fourth-order valence-electron chi connectivity index (χ4n) is 1.26. The second-order valence-corrected chi connectivity index (χ2v) is 4.75. The summed E-state index contributed by atoms with van der Waals surface area (Å²) in [5.41, 5.74) is 1.13. The van der Waals surface area contributed by atoms with Crippen LogP contribution in [0.5, 0.6) is 5.75 Å². The van der Waals surface area contributed by atoms with Gasteiger partial charge in [-0.2, -0.15) is 0 Å². The maximum absolute atomic E-state index is 5.49. The predicted molar refractivity (Wildman–Crippen MR) is 68.6 cm³/mol. The maximum atomic E-state index is 5.49. The van der Waals surface area contributed by atoms with Crippen LogP contribution in [0.1, 0.15) is 19.4 Å². The molecule has 0 aliphatic heterocycles. The molecule has 0 amide bonds. The first kappa shape index (κ1) is 13.5. The third-order valence-corrected chi connectivity index (χ3v) is 2.55. The molecule has 1 aromatic rings. The van der Waals surface area contributed by atoms with Crippen LogP contribution in [0.3, 0.4) is 0 Å². The lowest BCUT2D eigenvalue weighted by molar-refractivity contribution is 0.0503. The van der Waals surface area contributed by atoms with E-state index in [2.05, 4.69) is 41.2 Å². The van der Waals surface area contributed by atoms with Gasteiger partial charge in [0.25, 0.3) is 0 Å². The molecule has 0 spiro atoms. The Morgan fingerprint density at radius 3 is 2.75 bits per heavy atom. The van der Waals surface area contributed by atoms with E-state index in [1.165, 1.54) is 0 Å². The number of nitrogens with one attached hydrogen (secondary N) is 1. The van der Waals surface area contributed by atoms with Gasteiger partial charge in [-0.1, -0.05) is 29.8 Å². The highest BCUT2D eigenvalue weighted by molar-refractivity contribution is 9.10. The van der Waals surface area contributed by atoms with Crippen molar-refractivity contribution in [3.63, 3.8) is 0 Å². The summed E-state index contributed by atoms with van der Waals surface area (Å²) in [5, 5.41) is 3.36. The van der Waals surface area contributed by atoms with Crippen LogP contribution in [-0.2, 0) is 11.3 Å². The molecule has 1 rings (SSSR count). The highest BCUT2D eigenvalue weighted by Gasteiger charge is 2.05. The van der Waals surface area contributed by atoms with Crippen LogP contribution in [0.2, 0.25) is 0 Å². The van der Waals surface area contributed by atoms with E-state index in [0.29, 0.717) is 6.04 Å². The zero-order valence-corrected chi connectivity index (χ0v) is 11.5. The van der Waals surface area contributed by atoms with Gasteiger partial charge in [-0.15, -0.1) is 0 Å². The minimum atomic E-state index is 0.274. The third kappa shape index (κ3) is 4.51. The molecule has 0 radical (unpaired) electrons. The molecule has 16 heavy (non-hydrogen) atoms. The van der Waals surface area contributed by atoms with E-state index in [4.69, 9.17) is 9.47 Å². The van der Waals surface area contributed by atoms with Crippen molar-refractivity contribution in [1.82, 2.24) is 5.32 Å². The average molecular weight is 288 g/mol. The van der Waals surface area contributed by atoms with Crippen molar-refractivity contribution in [2.24, 2.45) is 0 Å². The molecule has 0 saturated carbocycles. The second-order valence-electron chi connectivity index (χ2n) is 3.84. The van der Waals surface area contributed by atoms with E-state index < -0.39 is 0 Å². The van der Waals surface area contributed by atoms with Gasteiger partial charge in [0.2, 0.25) is 0 Å². The third-order valence-electron chi connectivity index (χ3n) is 2.06. The van der Waals surface area contributed by atoms with E-state index in [9.17, 15) is 0 Å². The van der Waals surface area contributed by atoms with Crippen LogP contribution >= 0.6 is 15.9 Å². The first-order valence-electron chi connectivity index (χ1n) is 5.27. The molecule has 0 bridgehead atoms. The van der Waals surface area contributed by atoms with Crippen molar-refractivity contribution in [2.75, 3.05) is 13.9 Å². The minimum absolute atomic E-state index is 0.274. The van der Waals surface area contributed by atoms with Gasteiger partial charge in [0.1, 0.15) is 5.75 Å². The Bertz CT molecular complexity index is 329. The van der Waals surface area contributed by atoms with Crippen LogP contribution in [0, 0.1) is 0 Å². The van der Waals surface area contributed by atoms with E-state index in [-0.39, 0.29) is 6.79 Å². The number of ether oxygens (including phenoxy) is 2. The lowest BCUT2D eigenvalue weighted by Gasteiger charge is -2.13. The van der Waals surface area contributed by atoms with Crippen molar-refractivity contribution in [2.45, 2.75) is 26.4 Å². The van der Waals surface area contributed by atoms with E-state index >= 15 is 0 Å². The first-order chi connectivity index (χ1) is 7.63. The molecule has 90 valence electrons. The van der Waals surface area contributed by atoms with Gasteiger partial charge in [0, 0.05) is 29.7 Å². The van der Waals surface area contributed by atoms with Gasteiger partial charge >= 0.3 is 0 Å². The van der Waals surface area contributed by atoms with Crippen molar-refractivity contribution in [1.29, 1.82) is 0 Å². The summed E-state index contributed by atoms with van der Waals surface area (Å²) in [5.74, 6) is 0.859. The maximum Gasteiger partial charge on any atom is 0.188 e. The summed E-state index contributed by atoms with van der Waals surface area (Å²) in [6.45, 7) is 5.30. The zero-order chi connectivity index (χ0) is 12.0. The van der Waals surface area contributed by atoms with Crippen molar-refractivity contribution >= 4 is 15.9 Å². The van der Waals surface area contributed by atoms with Gasteiger partial charge in [-0.25, -0.2) is 0 Å². The fourth-order valence-corrected chi connectivity index (χ4v) is 1.67. The van der Waals surface area contributed by atoms with Gasteiger partial charge in [0.15, 0.2) is 6.79 Å². The number of rotatable bonds is 6. The second kappa shape index (κ2) is 6.89. The van der Waals surface area contributed by atoms with Crippen LogP contribution in [0.25, 0.3) is 0 Å². The molecule has 0 aliphatic rings. The molecule has 1 aromatic carbocycles. The molecule has 0 saturated heterocycles. The largest absolute Gasteiger partial charge is 0.467 e. The Labute approximate surface area is 105 Å². The summed E-state index contributed by atoms with van der Waals surface area (Å²) in [7, 11) is 1.62. The topological polar surface area (TPSA) is 30.5 Å². The molecule has 1 N–H and O–H groups in total. The summed E-state index contributed by atoms with van der Waals surface area (Å²) in [6, 6.07) is 6.42. The molecule has 0 aliphatic carbocycles. The monoisotopic (exact) mass is 287 g/mol. The van der Waals surface area contributed by atoms with Crippen LogP contribution in [0.4, 0.5) is 0 Å². The summed E-state index contributed by atoms with van der Waals surface area (Å²) in [4.78, 5) is 0. The normalized spacial score (nSPS) is 10.8. The lowest BCUT2D eigenvalue weighted by Crippen LogP contribution is -2.22. The average Bonchev–Trinajstić information content (AvgIpc) is 2.25. The SMILES string of the molecule is COCOc1ccc(Br)cc1CNC(C)C. The molecular weight excluding hydrogens is 270 g/mol. The molecule has 0 heterocycles. The Balaban J connectivity index is 2.72. The van der Waals surface area contributed by atoms with E-state index in [1.807, 2.05) is 12.1 Å². The Morgan fingerprint density at radius 2 is 2.12 bits per heavy atom. The molecule has 3 nitrogen and oxygen atoms in total. The number of methoxy groups -OCH3 is 1. The van der Waals surface area contributed by atoms with Crippen LogP contribution in [-0.4, -0.2) is 19.9 Å². The van der Waals surface area contributed by atoms with E-state index in [1.54, 1.807) is 7.11 Å². The molecule has 0 unspecified atom stereocenters. The molecule has 0 fully saturated rings. The van der Waals surface area contributed by atoms with Crippen LogP contribution in [0.15, 0.2) is 22.7 Å². The smallest absolute Gasteiger partial charge is 0.188 e. The standard InChI is InChI=1S/C12H18BrNO2/c1-9(2)14-7-10-6-11(13)4-5-12(10)16-8-15-3/h4-6,9,14H,7-8H2,1-3H3. The summed E-state index contributed by atoms with van der Waals surface area (Å²) >= 11 is 3.46. The summed E-state index contributed by atoms with van der Waals surface area (Å²) < 4.78 is 11.4. The number of hydrogen-bond donors (Lipinski definition) is 1. The number of benzene rings is 1. The van der Waals surface area contributed by atoms with Gasteiger partial charge in [0.05, 0.1) is 0 Å². The number of hydrogen-bond acceptors (Lipinski definition) is 3. The highest BCUT2D eigenvalue weighted by Crippen LogP contribution is 2.23. The molecule has 0 aromatic heterocycles. The van der Waals surface area contributed by atoms with E-state index in [0.717, 1.165) is 22.3 Å². The van der Waals surface area contributed by atoms with Gasteiger partial charge in [-0.3, -0.25) is 0 Å². The van der Waals surface area contributed by atoms with Crippen molar-refractivity contribution < 1.29 is 9.47 Å². The highest BCUT2D eigenvalue weighted by atomic mass is 79.9. The Morgan fingerprint density at radius 1 is 1.38 bits per heavy atom. The number of halogens is 1. The lowest BCUT2D eigenvalue weighted by atomic mass is 10.2. The molecule has 0 atom stereocenters. The predicted octanol–water partition coefficient (Wildman–Crippen LogP) is 2.93. The summed E-state index contributed by atoms with van der Waals surface area (Å²) in [6.07, 6.45) is 0. The zero-order valence-electron chi connectivity index (χ0n) is 9.92. The minimum Gasteiger partial charge on any atom is -0.467 e. The Hall–Kier alpha value is -0.580. The van der Waals surface area contributed by atoms with Gasteiger partial charge in [-0.05, 0) is 18.2 Å². The molecule has 4 heteroatoms. The van der Waals surface area contributed by atoms with Crippen LogP contribution < -0.4 is 10.1 Å². The first-order valence-corrected chi connectivity index (χ1v) is 6.06. The molecular formula is C12H18BrNO2.